The van der Waals surface area contributed by atoms with Gasteiger partial charge in [0.2, 0.25) is 11.8 Å². The predicted octanol–water partition coefficient (Wildman–Crippen LogP) is 5.18. The molecule has 0 radical (unpaired) electrons. The standard InChI is InChI=1S/C25H22ClN3O3S/c26-22-9-5-4-8-21(22)25-29-19(17-33-25)14-23(30)27-15-18-10-11-24(28-16-18)32-13-12-31-20-6-2-1-3-7-20/h1-11,16-17H,12-15H2,(H,27,30). The molecule has 0 aliphatic carbocycles. The summed E-state index contributed by atoms with van der Waals surface area (Å²) in [6, 6.07) is 20.8. The third-order valence-corrected chi connectivity index (χ3v) is 5.88. The van der Waals surface area contributed by atoms with Crippen molar-refractivity contribution in [3.05, 3.63) is 94.6 Å². The molecule has 4 aromatic rings. The molecule has 0 aliphatic heterocycles. The molecule has 2 aromatic heterocycles. The van der Waals surface area contributed by atoms with Crippen molar-refractivity contribution in [1.29, 1.82) is 0 Å². The van der Waals surface area contributed by atoms with Crippen molar-refractivity contribution in [3.63, 3.8) is 0 Å². The molecule has 0 aliphatic rings. The number of nitrogens with one attached hydrogen (secondary N) is 1. The van der Waals surface area contributed by atoms with Gasteiger partial charge in [-0.15, -0.1) is 11.3 Å². The quantitative estimate of drug-likeness (QED) is 0.317. The minimum atomic E-state index is -0.107. The lowest BCUT2D eigenvalue weighted by atomic mass is 10.2. The Morgan fingerprint density at radius 1 is 0.970 bits per heavy atom. The van der Waals surface area contributed by atoms with Gasteiger partial charge in [0.25, 0.3) is 0 Å². The summed E-state index contributed by atoms with van der Waals surface area (Å²) in [5, 5.41) is 6.23. The Morgan fingerprint density at radius 3 is 2.55 bits per heavy atom. The van der Waals surface area contributed by atoms with Crippen LogP contribution in [-0.4, -0.2) is 29.1 Å². The number of pyridine rings is 1. The van der Waals surface area contributed by atoms with E-state index in [0.717, 1.165) is 21.9 Å². The lowest BCUT2D eigenvalue weighted by molar-refractivity contribution is -0.120. The number of ether oxygens (including phenoxy) is 2. The third-order valence-electron chi connectivity index (χ3n) is 4.63. The molecule has 2 aromatic carbocycles. The zero-order chi connectivity index (χ0) is 22.9. The van der Waals surface area contributed by atoms with Gasteiger partial charge < -0.3 is 14.8 Å². The highest BCUT2D eigenvalue weighted by Gasteiger charge is 2.11. The molecule has 1 amide bonds. The van der Waals surface area contributed by atoms with Crippen molar-refractivity contribution in [2.45, 2.75) is 13.0 Å². The predicted molar refractivity (Wildman–Crippen MR) is 130 cm³/mol. The Morgan fingerprint density at radius 2 is 1.76 bits per heavy atom. The fourth-order valence-electron chi connectivity index (χ4n) is 3.00. The molecule has 2 heterocycles. The van der Waals surface area contributed by atoms with Crippen LogP contribution in [0.2, 0.25) is 5.02 Å². The molecule has 0 unspecified atom stereocenters. The number of carbonyl (C=O) groups is 1. The van der Waals surface area contributed by atoms with Crippen LogP contribution in [0.25, 0.3) is 10.6 Å². The summed E-state index contributed by atoms with van der Waals surface area (Å²) in [5.74, 6) is 1.21. The zero-order valence-electron chi connectivity index (χ0n) is 17.7. The van der Waals surface area contributed by atoms with E-state index in [1.54, 1.807) is 12.3 Å². The molecule has 1 N–H and O–H groups in total. The Labute approximate surface area is 201 Å². The van der Waals surface area contributed by atoms with Crippen molar-refractivity contribution >= 4 is 28.8 Å². The molecular formula is C25H22ClN3O3S. The van der Waals surface area contributed by atoms with E-state index >= 15 is 0 Å². The number of carbonyl (C=O) groups excluding carboxylic acids is 1. The highest BCUT2D eigenvalue weighted by molar-refractivity contribution is 7.13. The van der Waals surface area contributed by atoms with Gasteiger partial charge in [-0.05, 0) is 23.8 Å². The van der Waals surface area contributed by atoms with Crippen molar-refractivity contribution in [3.8, 4) is 22.2 Å². The van der Waals surface area contributed by atoms with Gasteiger partial charge in [-0.3, -0.25) is 4.79 Å². The smallest absolute Gasteiger partial charge is 0.226 e. The van der Waals surface area contributed by atoms with Crippen LogP contribution in [0.4, 0.5) is 0 Å². The molecule has 0 bridgehead atoms. The largest absolute Gasteiger partial charge is 0.490 e. The third kappa shape index (κ3) is 6.78. The van der Waals surface area contributed by atoms with Crippen molar-refractivity contribution in [1.82, 2.24) is 15.3 Å². The van der Waals surface area contributed by atoms with Gasteiger partial charge in [-0.25, -0.2) is 9.97 Å². The Bertz CT molecular complexity index is 1180. The normalized spacial score (nSPS) is 10.6. The second-order valence-corrected chi connectivity index (χ2v) is 8.36. The highest BCUT2D eigenvalue weighted by Crippen LogP contribution is 2.30. The van der Waals surface area contributed by atoms with Gasteiger partial charge in [0, 0.05) is 29.8 Å². The maximum atomic E-state index is 12.3. The molecule has 33 heavy (non-hydrogen) atoms. The van der Waals surface area contributed by atoms with Crippen LogP contribution in [0, 0.1) is 0 Å². The van der Waals surface area contributed by atoms with E-state index in [1.807, 2.05) is 66.0 Å². The van der Waals surface area contributed by atoms with Crippen LogP contribution in [0.15, 0.2) is 78.3 Å². The van der Waals surface area contributed by atoms with Crippen molar-refractivity contribution < 1.29 is 14.3 Å². The molecule has 8 heteroatoms. The summed E-state index contributed by atoms with van der Waals surface area (Å²) < 4.78 is 11.2. The summed E-state index contributed by atoms with van der Waals surface area (Å²) >= 11 is 7.70. The fraction of sp³-hybridized carbons (Fsp3) is 0.160. The molecular weight excluding hydrogens is 458 g/mol. The average molecular weight is 480 g/mol. The number of para-hydroxylation sites is 1. The van der Waals surface area contributed by atoms with Crippen LogP contribution in [0.1, 0.15) is 11.3 Å². The number of aromatic nitrogens is 2. The molecule has 0 saturated heterocycles. The van der Waals surface area contributed by atoms with E-state index in [2.05, 4.69) is 15.3 Å². The molecule has 4 rings (SSSR count). The fourth-order valence-corrected chi connectivity index (χ4v) is 4.14. The monoisotopic (exact) mass is 479 g/mol. The number of nitrogens with zero attached hydrogens (tertiary/aromatic N) is 2. The van der Waals surface area contributed by atoms with E-state index < -0.39 is 0 Å². The second-order valence-electron chi connectivity index (χ2n) is 7.09. The van der Waals surface area contributed by atoms with Crippen LogP contribution in [0.3, 0.4) is 0 Å². The minimum Gasteiger partial charge on any atom is -0.490 e. The Hall–Kier alpha value is -3.42. The van der Waals surface area contributed by atoms with Crippen LogP contribution < -0.4 is 14.8 Å². The topological polar surface area (TPSA) is 73.3 Å². The number of thiazole rings is 1. The summed E-state index contributed by atoms with van der Waals surface area (Å²) in [5.41, 5.74) is 2.47. The van der Waals surface area contributed by atoms with Gasteiger partial charge >= 0.3 is 0 Å². The van der Waals surface area contributed by atoms with E-state index in [4.69, 9.17) is 21.1 Å². The number of halogens is 1. The lowest BCUT2D eigenvalue weighted by Gasteiger charge is -2.08. The minimum absolute atomic E-state index is 0.107. The number of rotatable bonds is 10. The Kier molecular flexibility index (Phi) is 7.90. The first-order chi connectivity index (χ1) is 16.2. The molecule has 0 saturated carbocycles. The van der Waals surface area contributed by atoms with E-state index in [9.17, 15) is 4.79 Å². The van der Waals surface area contributed by atoms with Gasteiger partial charge in [-0.1, -0.05) is 54.1 Å². The molecule has 6 nitrogen and oxygen atoms in total. The summed E-state index contributed by atoms with van der Waals surface area (Å²) in [4.78, 5) is 21.1. The maximum Gasteiger partial charge on any atom is 0.226 e. The molecule has 168 valence electrons. The number of hydrogen-bond donors (Lipinski definition) is 1. The SMILES string of the molecule is O=C(Cc1csc(-c2ccccc2Cl)n1)NCc1ccc(OCCOc2ccccc2)nc1. The Balaban J connectivity index is 1.19. The van der Waals surface area contributed by atoms with Crippen molar-refractivity contribution in [2.75, 3.05) is 13.2 Å². The summed E-state index contributed by atoms with van der Waals surface area (Å²) in [6.07, 6.45) is 1.89. The van der Waals surface area contributed by atoms with Gasteiger partial charge in [0.15, 0.2) is 0 Å². The lowest BCUT2D eigenvalue weighted by Crippen LogP contribution is -2.24. The van der Waals surface area contributed by atoms with Gasteiger partial charge in [0.1, 0.15) is 24.0 Å². The average Bonchev–Trinajstić information content (AvgIpc) is 3.30. The first-order valence-electron chi connectivity index (χ1n) is 10.4. The molecule has 0 fully saturated rings. The number of hydrogen-bond acceptors (Lipinski definition) is 6. The van der Waals surface area contributed by atoms with E-state index in [0.29, 0.717) is 36.4 Å². The highest BCUT2D eigenvalue weighted by atomic mass is 35.5. The van der Waals surface area contributed by atoms with Crippen LogP contribution in [-0.2, 0) is 17.8 Å². The molecule has 0 spiro atoms. The summed E-state index contributed by atoms with van der Waals surface area (Å²) in [7, 11) is 0. The van der Waals surface area contributed by atoms with Gasteiger partial charge in [-0.2, -0.15) is 0 Å². The van der Waals surface area contributed by atoms with E-state index in [-0.39, 0.29) is 12.3 Å². The number of benzene rings is 2. The zero-order valence-corrected chi connectivity index (χ0v) is 19.3. The van der Waals surface area contributed by atoms with Crippen LogP contribution >= 0.6 is 22.9 Å². The molecule has 0 atom stereocenters. The maximum absolute atomic E-state index is 12.3. The first kappa shape index (κ1) is 22.8. The second kappa shape index (κ2) is 11.4. The first-order valence-corrected chi connectivity index (χ1v) is 11.6. The van der Waals surface area contributed by atoms with E-state index in [1.165, 1.54) is 11.3 Å². The van der Waals surface area contributed by atoms with Crippen LogP contribution in [0.5, 0.6) is 11.6 Å². The van der Waals surface area contributed by atoms with Crippen molar-refractivity contribution in [2.24, 2.45) is 0 Å². The number of amides is 1. The van der Waals surface area contributed by atoms with Gasteiger partial charge in [0.05, 0.1) is 17.1 Å². The summed E-state index contributed by atoms with van der Waals surface area (Å²) in [6.45, 7) is 1.20.